The number of nitrogens with zero attached hydrogens (tertiary/aromatic N) is 1. The van der Waals surface area contributed by atoms with E-state index < -0.39 is 0 Å². The molecular formula is C42H27N. The van der Waals surface area contributed by atoms with Gasteiger partial charge >= 0.3 is 0 Å². The molecule has 0 aliphatic rings. The van der Waals surface area contributed by atoms with Crippen LogP contribution < -0.4 is 0 Å². The van der Waals surface area contributed by atoms with Gasteiger partial charge in [0.1, 0.15) is 0 Å². The van der Waals surface area contributed by atoms with Crippen LogP contribution in [0.4, 0.5) is 0 Å². The Labute approximate surface area is 249 Å². The van der Waals surface area contributed by atoms with Gasteiger partial charge in [-0.05, 0) is 91.0 Å². The summed E-state index contributed by atoms with van der Waals surface area (Å²) >= 11 is 0. The van der Waals surface area contributed by atoms with E-state index in [0.717, 1.165) is 0 Å². The maximum absolute atomic E-state index is 2.40. The standard InChI is InChI=1S/C42H27N/c1-2-9-32-26-36(22-19-28(32)7-1)43-41-12-6-5-11-39(41)40-27-34(21-24-42(40)43)30-15-13-29(14-16-30)33-20-23-38-35(25-33)18-17-31-8-3-4-10-37(31)38/h1-27H. The molecule has 0 saturated heterocycles. The second kappa shape index (κ2) is 9.44. The van der Waals surface area contributed by atoms with Gasteiger partial charge in [-0.2, -0.15) is 0 Å². The topological polar surface area (TPSA) is 4.93 Å². The number of hydrogen-bond donors (Lipinski definition) is 0. The molecule has 0 unspecified atom stereocenters. The molecule has 200 valence electrons. The van der Waals surface area contributed by atoms with Crippen LogP contribution in [0.1, 0.15) is 0 Å². The molecular weight excluding hydrogens is 518 g/mol. The van der Waals surface area contributed by atoms with Crippen LogP contribution in [0.5, 0.6) is 0 Å². The number of rotatable bonds is 3. The van der Waals surface area contributed by atoms with Gasteiger partial charge in [0.05, 0.1) is 11.0 Å². The van der Waals surface area contributed by atoms with E-state index in [1.165, 1.54) is 82.1 Å². The third kappa shape index (κ3) is 3.86. The molecule has 0 radical (unpaired) electrons. The zero-order chi connectivity index (χ0) is 28.3. The highest BCUT2D eigenvalue weighted by Gasteiger charge is 2.14. The summed E-state index contributed by atoms with van der Waals surface area (Å²) < 4.78 is 2.40. The van der Waals surface area contributed by atoms with Crippen molar-refractivity contribution in [3.63, 3.8) is 0 Å². The van der Waals surface area contributed by atoms with Crippen LogP contribution in [0, 0.1) is 0 Å². The lowest BCUT2D eigenvalue weighted by molar-refractivity contribution is 1.19. The molecule has 43 heavy (non-hydrogen) atoms. The van der Waals surface area contributed by atoms with Crippen LogP contribution in [-0.4, -0.2) is 4.57 Å². The zero-order valence-corrected chi connectivity index (χ0v) is 23.5. The van der Waals surface area contributed by atoms with E-state index in [1.807, 2.05) is 0 Å². The fourth-order valence-corrected chi connectivity index (χ4v) is 6.79. The molecule has 1 aromatic heterocycles. The number of benzene rings is 8. The molecule has 0 N–H and O–H groups in total. The highest BCUT2D eigenvalue weighted by molar-refractivity contribution is 6.11. The molecule has 0 spiro atoms. The van der Waals surface area contributed by atoms with Crippen molar-refractivity contribution in [3.05, 3.63) is 164 Å². The molecule has 0 fully saturated rings. The molecule has 9 rings (SSSR count). The third-order valence-corrected chi connectivity index (χ3v) is 8.96. The quantitative estimate of drug-likeness (QED) is 0.195. The average Bonchev–Trinajstić information content (AvgIpc) is 3.41. The molecule has 0 amide bonds. The van der Waals surface area contributed by atoms with Crippen LogP contribution >= 0.6 is 0 Å². The molecule has 0 atom stereocenters. The van der Waals surface area contributed by atoms with Crippen molar-refractivity contribution in [3.8, 4) is 27.9 Å². The molecule has 1 nitrogen and oxygen atoms in total. The maximum atomic E-state index is 2.40. The second-order valence-electron chi connectivity index (χ2n) is 11.4. The second-order valence-corrected chi connectivity index (χ2v) is 11.4. The third-order valence-electron chi connectivity index (χ3n) is 8.96. The lowest BCUT2D eigenvalue weighted by atomic mass is 9.96. The van der Waals surface area contributed by atoms with Crippen LogP contribution in [0.15, 0.2) is 164 Å². The summed E-state index contributed by atoms with van der Waals surface area (Å²) in [5.41, 5.74) is 8.55. The van der Waals surface area contributed by atoms with Crippen molar-refractivity contribution in [2.24, 2.45) is 0 Å². The Morgan fingerprint density at radius 3 is 1.67 bits per heavy atom. The summed E-state index contributed by atoms with van der Waals surface area (Å²) in [6.45, 7) is 0. The first-order chi connectivity index (χ1) is 21.3. The summed E-state index contributed by atoms with van der Waals surface area (Å²) in [4.78, 5) is 0. The van der Waals surface area contributed by atoms with Gasteiger partial charge in [0.15, 0.2) is 0 Å². The number of fused-ring (bicyclic) bond motifs is 7. The molecule has 1 heterocycles. The van der Waals surface area contributed by atoms with Crippen LogP contribution in [0.2, 0.25) is 0 Å². The van der Waals surface area contributed by atoms with Gasteiger partial charge < -0.3 is 4.57 Å². The lowest BCUT2D eigenvalue weighted by Gasteiger charge is -2.10. The van der Waals surface area contributed by atoms with Gasteiger partial charge in [-0.15, -0.1) is 0 Å². The highest BCUT2D eigenvalue weighted by atomic mass is 15.0. The Balaban J connectivity index is 1.12. The summed E-state index contributed by atoms with van der Waals surface area (Å²) in [5, 5.41) is 10.2. The van der Waals surface area contributed by atoms with Gasteiger partial charge in [0.25, 0.3) is 0 Å². The van der Waals surface area contributed by atoms with Crippen molar-refractivity contribution < 1.29 is 0 Å². The first kappa shape index (κ1) is 24.0. The van der Waals surface area contributed by atoms with Gasteiger partial charge in [0.2, 0.25) is 0 Å². The number of para-hydroxylation sites is 1. The summed E-state index contributed by atoms with van der Waals surface area (Å²) in [7, 11) is 0. The minimum absolute atomic E-state index is 1.19. The Hall–Kier alpha value is -5.66. The van der Waals surface area contributed by atoms with E-state index >= 15 is 0 Å². The minimum atomic E-state index is 1.19. The van der Waals surface area contributed by atoms with Crippen molar-refractivity contribution in [2.45, 2.75) is 0 Å². The Kier molecular flexibility index (Phi) is 5.27. The predicted octanol–water partition coefficient (Wildman–Crippen LogP) is 11.6. The van der Waals surface area contributed by atoms with E-state index in [2.05, 4.69) is 168 Å². The van der Waals surface area contributed by atoms with Crippen LogP contribution in [0.25, 0.3) is 82.1 Å². The highest BCUT2D eigenvalue weighted by Crippen LogP contribution is 2.36. The van der Waals surface area contributed by atoms with E-state index in [0.29, 0.717) is 0 Å². The van der Waals surface area contributed by atoms with E-state index in [4.69, 9.17) is 0 Å². The van der Waals surface area contributed by atoms with Crippen molar-refractivity contribution in [2.75, 3.05) is 0 Å². The van der Waals surface area contributed by atoms with E-state index in [-0.39, 0.29) is 0 Å². The first-order valence-electron chi connectivity index (χ1n) is 14.8. The molecule has 8 aromatic carbocycles. The summed E-state index contributed by atoms with van der Waals surface area (Å²) in [5.74, 6) is 0. The molecule has 0 aliphatic heterocycles. The number of aromatic nitrogens is 1. The number of hydrogen-bond acceptors (Lipinski definition) is 0. The SMILES string of the molecule is c1ccc2cc(-n3c4ccccc4c4cc(-c5ccc(-c6ccc7c(ccc8ccccc87)c6)cc5)ccc43)ccc2c1. The predicted molar refractivity (Wildman–Crippen MR) is 184 cm³/mol. The van der Waals surface area contributed by atoms with Gasteiger partial charge in [-0.3, -0.25) is 0 Å². The molecule has 0 aliphatic carbocycles. The lowest BCUT2D eigenvalue weighted by Crippen LogP contribution is -1.93. The van der Waals surface area contributed by atoms with Crippen LogP contribution in [0.3, 0.4) is 0 Å². The monoisotopic (exact) mass is 545 g/mol. The van der Waals surface area contributed by atoms with Crippen LogP contribution in [-0.2, 0) is 0 Å². The van der Waals surface area contributed by atoms with Gasteiger partial charge in [0, 0.05) is 16.5 Å². The Morgan fingerprint density at radius 1 is 0.279 bits per heavy atom. The fraction of sp³-hybridized carbons (Fsp3) is 0. The van der Waals surface area contributed by atoms with E-state index in [9.17, 15) is 0 Å². The summed E-state index contributed by atoms with van der Waals surface area (Å²) in [6.07, 6.45) is 0. The first-order valence-corrected chi connectivity index (χ1v) is 14.8. The molecule has 0 bridgehead atoms. The fourth-order valence-electron chi connectivity index (χ4n) is 6.79. The minimum Gasteiger partial charge on any atom is -0.309 e. The molecule has 0 saturated carbocycles. The molecule has 1 heteroatoms. The van der Waals surface area contributed by atoms with Crippen molar-refractivity contribution >= 4 is 54.1 Å². The zero-order valence-electron chi connectivity index (χ0n) is 23.5. The average molecular weight is 546 g/mol. The smallest absolute Gasteiger partial charge is 0.0541 e. The van der Waals surface area contributed by atoms with Gasteiger partial charge in [-0.1, -0.05) is 127 Å². The maximum Gasteiger partial charge on any atom is 0.0541 e. The van der Waals surface area contributed by atoms with E-state index in [1.54, 1.807) is 0 Å². The van der Waals surface area contributed by atoms with Crippen molar-refractivity contribution in [1.29, 1.82) is 0 Å². The Bertz CT molecular complexity index is 2500. The van der Waals surface area contributed by atoms with Gasteiger partial charge in [-0.25, -0.2) is 0 Å². The summed E-state index contributed by atoms with van der Waals surface area (Å²) in [6, 6.07) is 59.8. The normalized spacial score (nSPS) is 11.7. The largest absolute Gasteiger partial charge is 0.309 e. The van der Waals surface area contributed by atoms with Crippen molar-refractivity contribution in [1.82, 2.24) is 4.57 Å². The Morgan fingerprint density at radius 2 is 0.837 bits per heavy atom. The molecule has 9 aromatic rings.